The van der Waals surface area contributed by atoms with E-state index in [1.165, 1.54) is 82.3 Å². The number of H-pyrrole nitrogens is 1. The molecule has 42 heavy (non-hydrogen) atoms. The summed E-state index contributed by atoms with van der Waals surface area (Å²) in [5.41, 5.74) is 10.9. The predicted octanol–water partition coefficient (Wildman–Crippen LogP) is 10.9. The van der Waals surface area contributed by atoms with Gasteiger partial charge >= 0.3 is 0 Å². The van der Waals surface area contributed by atoms with Crippen LogP contribution in [0.25, 0.3) is 82.3 Å². The molecule has 0 spiro atoms. The maximum atomic E-state index is 3.69. The summed E-state index contributed by atoms with van der Waals surface area (Å²) in [7, 11) is 0. The zero-order valence-electron chi connectivity index (χ0n) is 22.9. The van der Waals surface area contributed by atoms with E-state index in [4.69, 9.17) is 0 Å². The second kappa shape index (κ2) is 8.95. The molecule has 9 rings (SSSR count). The molecule has 0 fully saturated rings. The lowest BCUT2D eigenvalue weighted by molar-refractivity contribution is 1.18. The molecule has 0 unspecified atom stereocenters. The van der Waals surface area contributed by atoms with Crippen LogP contribution >= 0.6 is 0 Å². The molecule has 2 aromatic heterocycles. The molecule has 1 N–H and O–H groups in total. The van der Waals surface area contributed by atoms with Gasteiger partial charge in [-0.05, 0) is 58.5 Å². The Labute approximate surface area is 243 Å². The fraction of sp³-hybridized carbons (Fsp3) is 0. The highest BCUT2D eigenvalue weighted by Crippen LogP contribution is 2.39. The van der Waals surface area contributed by atoms with Crippen molar-refractivity contribution in [1.82, 2.24) is 9.55 Å². The van der Waals surface area contributed by atoms with Gasteiger partial charge < -0.3 is 9.55 Å². The molecule has 0 aliphatic carbocycles. The SMILES string of the molecule is c1ccc(-c2ccccc2-n2c3ccccc3c3cc(-c4ccc5[nH]c6c7ccccc7ccc6c5c4)ccc32)cc1. The van der Waals surface area contributed by atoms with Gasteiger partial charge in [-0.3, -0.25) is 0 Å². The number of benzene rings is 7. The van der Waals surface area contributed by atoms with Gasteiger partial charge in [0.05, 0.1) is 22.2 Å². The van der Waals surface area contributed by atoms with E-state index < -0.39 is 0 Å². The summed E-state index contributed by atoms with van der Waals surface area (Å²) in [6.45, 7) is 0. The Morgan fingerprint density at radius 2 is 1.10 bits per heavy atom. The minimum absolute atomic E-state index is 1.17. The smallest absolute Gasteiger partial charge is 0.0544 e. The molecule has 0 saturated heterocycles. The highest BCUT2D eigenvalue weighted by atomic mass is 15.0. The van der Waals surface area contributed by atoms with Gasteiger partial charge in [-0.1, -0.05) is 115 Å². The van der Waals surface area contributed by atoms with E-state index in [1.807, 2.05) is 0 Å². The van der Waals surface area contributed by atoms with Crippen LogP contribution in [-0.2, 0) is 0 Å². The number of rotatable bonds is 3. The molecule has 0 radical (unpaired) electrons. The Hall–Kier alpha value is -5.60. The number of nitrogens with one attached hydrogen (secondary N) is 1. The molecule has 2 heteroatoms. The zero-order valence-corrected chi connectivity index (χ0v) is 22.9. The normalized spacial score (nSPS) is 11.8. The molecular weight excluding hydrogens is 508 g/mol. The van der Waals surface area contributed by atoms with E-state index in [0.717, 1.165) is 0 Å². The van der Waals surface area contributed by atoms with E-state index in [9.17, 15) is 0 Å². The molecule has 2 heterocycles. The summed E-state index contributed by atoms with van der Waals surface area (Å²) in [5.74, 6) is 0. The van der Waals surface area contributed by atoms with Crippen molar-refractivity contribution in [3.8, 4) is 27.9 Å². The third-order valence-electron chi connectivity index (χ3n) is 8.73. The van der Waals surface area contributed by atoms with Crippen LogP contribution in [0, 0.1) is 0 Å². The van der Waals surface area contributed by atoms with E-state index in [2.05, 4.69) is 161 Å². The fourth-order valence-electron chi connectivity index (χ4n) is 6.76. The first-order valence-corrected chi connectivity index (χ1v) is 14.5. The topological polar surface area (TPSA) is 20.7 Å². The van der Waals surface area contributed by atoms with Crippen LogP contribution in [0.1, 0.15) is 0 Å². The summed E-state index contributed by atoms with van der Waals surface area (Å²) in [5, 5.41) is 7.56. The summed E-state index contributed by atoms with van der Waals surface area (Å²) in [6.07, 6.45) is 0. The van der Waals surface area contributed by atoms with Crippen molar-refractivity contribution in [2.24, 2.45) is 0 Å². The minimum Gasteiger partial charge on any atom is -0.354 e. The van der Waals surface area contributed by atoms with Crippen molar-refractivity contribution in [2.75, 3.05) is 0 Å². The second-order valence-corrected chi connectivity index (χ2v) is 11.1. The highest BCUT2D eigenvalue weighted by molar-refractivity contribution is 6.18. The number of para-hydroxylation sites is 2. The van der Waals surface area contributed by atoms with Crippen molar-refractivity contribution in [3.05, 3.63) is 152 Å². The number of aromatic nitrogens is 2. The number of aromatic amines is 1. The molecule has 0 amide bonds. The maximum absolute atomic E-state index is 3.69. The zero-order chi connectivity index (χ0) is 27.6. The van der Waals surface area contributed by atoms with Gasteiger partial charge in [0, 0.05) is 38.0 Å². The molecule has 7 aromatic carbocycles. The number of hydrogen-bond donors (Lipinski definition) is 1. The molecule has 2 nitrogen and oxygen atoms in total. The van der Waals surface area contributed by atoms with Crippen molar-refractivity contribution in [1.29, 1.82) is 0 Å². The number of hydrogen-bond acceptors (Lipinski definition) is 0. The van der Waals surface area contributed by atoms with Crippen LogP contribution in [-0.4, -0.2) is 9.55 Å². The average Bonchev–Trinajstić information content (AvgIpc) is 3.60. The number of nitrogens with zero attached hydrogens (tertiary/aromatic N) is 1. The lowest BCUT2D eigenvalue weighted by Gasteiger charge is -2.14. The van der Waals surface area contributed by atoms with E-state index in [0.29, 0.717) is 0 Å². The summed E-state index contributed by atoms with van der Waals surface area (Å²) in [6, 6.07) is 55.0. The van der Waals surface area contributed by atoms with Gasteiger partial charge in [0.25, 0.3) is 0 Å². The molecule has 196 valence electrons. The Kier molecular flexibility index (Phi) is 4.93. The first-order valence-electron chi connectivity index (χ1n) is 14.5. The molecule has 9 aromatic rings. The third kappa shape index (κ3) is 3.39. The Morgan fingerprint density at radius 1 is 0.405 bits per heavy atom. The monoisotopic (exact) mass is 534 g/mol. The summed E-state index contributed by atoms with van der Waals surface area (Å²) in [4.78, 5) is 3.69. The molecule has 0 saturated carbocycles. The standard InChI is InChI=1S/C40H26N2/c1-2-10-26(11-3-1)30-13-6-8-16-37(30)42-38-17-9-7-15-32(38)35-25-29(20-23-39(35)42)28-19-22-36-34(24-28)33-21-18-27-12-4-5-14-31(27)40(33)41-36/h1-25,41H. The molecule has 0 aliphatic heterocycles. The molecule has 0 bridgehead atoms. The first kappa shape index (κ1) is 23.1. The Morgan fingerprint density at radius 3 is 2.00 bits per heavy atom. The van der Waals surface area contributed by atoms with Crippen LogP contribution < -0.4 is 0 Å². The van der Waals surface area contributed by atoms with Crippen molar-refractivity contribution >= 4 is 54.4 Å². The fourth-order valence-corrected chi connectivity index (χ4v) is 6.76. The lowest BCUT2D eigenvalue weighted by atomic mass is 10.00. The van der Waals surface area contributed by atoms with Gasteiger partial charge in [0.1, 0.15) is 0 Å². The lowest BCUT2D eigenvalue weighted by Crippen LogP contribution is -1.96. The summed E-state index contributed by atoms with van der Waals surface area (Å²) >= 11 is 0. The summed E-state index contributed by atoms with van der Waals surface area (Å²) < 4.78 is 2.42. The van der Waals surface area contributed by atoms with Crippen LogP contribution in [0.15, 0.2) is 152 Å². The van der Waals surface area contributed by atoms with Gasteiger partial charge in [-0.25, -0.2) is 0 Å². The van der Waals surface area contributed by atoms with Gasteiger partial charge in [-0.15, -0.1) is 0 Å². The van der Waals surface area contributed by atoms with Gasteiger partial charge in [0.2, 0.25) is 0 Å². The Balaban J connectivity index is 1.26. The van der Waals surface area contributed by atoms with Crippen LogP contribution in [0.4, 0.5) is 0 Å². The van der Waals surface area contributed by atoms with Crippen LogP contribution in [0.2, 0.25) is 0 Å². The number of fused-ring (bicyclic) bond motifs is 8. The quantitative estimate of drug-likeness (QED) is 0.233. The van der Waals surface area contributed by atoms with E-state index in [-0.39, 0.29) is 0 Å². The van der Waals surface area contributed by atoms with Crippen molar-refractivity contribution in [3.63, 3.8) is 0 Å². The largest absolute Gasteiger partial charge is 0.354 e. The van der Waals surface area contributed by atoms with E-state index in [1.54, 1.807) is 0 Å². The van der Waals surface area contributed by atoms with E-state index >= 15 is 0 Å². The molecular formula is C40H26N2. The van der Waals surface area contributed by atoms with Crippen molar-refractivity contribution in [2.45, 2.75) is 0 Å². The van der Waals surface area contributed by atoms with Gasteiger partial charge in [0.15, 0.2) is 0 Å². The average molecular weight is 535 g/mol. The van der Waals surface area contributed by atoms with Crippen LogP contribution in [0.3, 0.4) is 0 Å². The molecule has 0 aliphatic rings. The van der Waals surface area contributed by atoms with Crippen LogP contribution in [0.5, 0.6) is 0 Å². The van der Waals surface area contributed by atoms with Gasteiger partial charge in [-0.2, -0.15) is 0 Å². The molecule has 0 atom stereocenters. The Bertz CT molecular complexity index is 2460. The minimum atomic E-state index is 1.17. The maximum Gasteiger partial charge on any atom is 0.0544 e. The second-order valence-electron chi connectivity index (χ2n) is 11.1. The van der Waals surface area contributed by atoms with Crippen molar-refractivity contribution < 1.29 is 0 Å². The first-order chi connectivity index (χ1) is 20.8. The third-order valence-corrected chi connectivity index (χ3v) is 8.73. The highest BCUT2D eigenvalue weighted by Gasteiger charge is 2.16. The predicted molar refractivity (Wildman–Crippen MR) is 179 cm³/mol.